The fourth-order valence-electron chi connectivity index (χ4n) is 3.60. The number of nitrogens with zero attached hydrogens (tertiary/aromatic N) is 2. The van der Waals surface area contributed by atoms with Crippen LogP contribution in [0.15, 0.2) is 95.6 Å². The van der Waals surface area contributed by atoms with Gasteiger partial charge < -0.3 is 14.4 Å². The smallest absolute Gasteiger partial charge is 0.120 e. The molecular formula is C31H24IrN2O-2. The Labute approximate surface area is 226 Å². The van der Waals surface area contributed by atoms with Crippen molar-refractivity contribution in [1.29, 1.82) is 0 Å². The molecular weight excluding hydrogens is 609 g/mol. The van der Waals surface area contributed by atoms with E-state index in [4.69, 9.17) is 11.3 Å². The Morgan fingerprint density at radius 2 is 1.60 bits per heavy atom. The molecule has 6 aromatic rings. The largest absolute Gasteiger partial charge is 0.501 e. The van der Waals surface area contributed by atoms with Gasteiger partial charge in [0.15, 0.2) is 0 Å². The van der Waals surface area contributed by atoms with Crippen LogP contribution in [-0.2, 0) is 20.1 Å². The van der Waals surface area contributed by atoms with Gasteiger partial charge in [-0.3, -0.25) is 0 Å². The van der Waals surface area contributed by atoms with Gasteiger partial charge in [0.2, 0.25) is 0 Å². The van der Waals surface area contributed by atoms with Gasteiger partial charge in [0.25, 0.3) is 0 Å². The molecule has 0 spiro atoms. The molecule has 175 valence electrons. The van der Waals surface area contributed by atoms with Crippen molar-refractivity contribution in [2.24, 2.45) is 0 Å². The summed E-state index contributed by atoms with van der Waals surface area (Å²) in [7, 11) is 0. The molecule has 3 aromatic heterocycles. The topological polar surface area (TPSA) is 38.9 Å². The van der Waals surface area contributed by atoms with Gasteiger partial charge in [0.1, 0.15) is 5.58 Å². The summed E-state index contributed by atoms with van der Waals surface area (Å²) in [6, 6.07) is 27.0. The average Bonchev–Trinajstić information content (AvgIpc) is 3.30. The Morgan fingerprint density at radius 3 is 2.37 bits per heavy atom. The molecule has 0 N–H and O–H groups in total. The van der Waals surface area contributed by atoms with Gasteiger partial charge in [0.05, 0.1) is 8.32 Å². The molecule has 0 atom stereocenters. The van der Waals surface area contributed by atoms with Crippen molar-refractivity contribution < 1.29 is 31.4 Å². The zero-order valence-electron chi connectivity index (χ0n) is 24.1. The van der Waals surface area contributed by atoms with Crippen molar-refractivity contribution in [3.63, 3.8) is 0 Å². The van der Waals surface area contributed by atoms with Crippen molar-refractivity contribution >= 4 is 21.9 Å². The number of hydrogen-bond donors (Lipinski definition) is 0. The Hall–Kier alpha value is -3.59. The second kappa shape index (κ2) is 10.8. The Kier molecular flexibility index (Phi) is 5.76. The van der Waals surface area contributed by atoms with Crippen molar-refractivity contribution in [2.45, 2.75) is 20.7 Å². The second-order valence-electron chi connectivity index (χ2n) is 7.96. The third-order valence-electron chi connectivity index (χ3n) is 5.37. The maximum atomic E-state index is 8.20. The molecule has 1 radical (unpaired) electrons. The van der Waals surface area contributed by atoms with Gasteiger partial charge >= 0.3 is 0 Å². The van der Waals surface area contributed by atoms with Crippen LogP contribution < -0.4 is 0 Å². The predicted molar refractivity (Wildman–Crippen MR) is 139 cm³/mol. The van der Waals surface area contributed by atoms with E-state index in [1.54, 1.807) is 6.07 Å². The van der Waals surface area contributed by atoms with E-state index >= 15 is 0 Å². The molecule has 6 rings (SSSR count). The number of para-hydroxylation sites is 1. The molecule has 0 aliphatic rings. The van der Waals surface area contributed by atoms with Crippen molar-refractivity contribution in [2.75, 3.05) is 0 Å². The van der Waals surface area contributed by atoms with Gasteiger partial charge in [0, 0.05) is 42.0 Å². The molecule has 0 aliphatic carbocycles. The first-order chi connectivity index (χ1) is 18.6. The van der Waals surface area contributed by atoms with Crippen LogP contribution in [0.3, 0.4) is 0 Å². The number of rotatable bonds is 2. The SMILES string of the molecule is Cc1c[c-]c(-c2ccc(C)cn2)cc1.[2H]c1c(C([2H])([2H])[2H])cnc(-c2[c-]ccc3c2oc2ccccc23)c1[2H].[Ir]. The van der Waals surface area contributed by atoms with E-state index in [1.807, 2.05) is 61.7 Å². The average molecular weight is 638 g/mol. The summed E-state index contributed by atoms with van der Waals surface area (Å²) >= 11 is 0. The van der Waals surface area contributed by atoms with Crippen LogP contribution in [0.4, 0.5) is 0 Å². The first-order valence-electron chi connectivity index (χ1n) is 13.3. The minimum Gasteiger partial charge on any atom is -0.501 e. The molecule has 3 nitrogen and oxygen atoms in total. The zero-order valence-corrected chi connectivity index (χ0v) is 21.5. The first kappa shape index (κ1) is 18.7. The molecule has 0 aliphatic heterocycles. The third-order valence-corrected chi connectivity index (χ3v) is 5.37. The molecule has 0 unspecified atom stereocenters. The van der Waals surface area contributed by atoms with E-state index in [1.165, 1.54) is 11.1 Å². The summed E-state index contributed by atoms with van der Waals surface area (Å²) in [5, 5.41) is 1.79. The summed E-state index contributed by atoms with van der Waals surface area (Å²) < 4.78 is 44.5. The van der Waals surface area contributed by atoms with E-state index in [0.29, 0.717) is 16.7 Å². The van der Waals surface area contributed by atoms with Crippen molar-refractivity contribution in [1.82, 2.24) is 9.97 Å². The predicted octanol–water partition coefficient (Wildman–Crippen LogP) is 7.92. The zero-order chi connectivity index (χ0) is 27.7. The van der Waals surface area contributed by atoms with Gasteiger partial charge in [-0.05, 0) is 42.4 Å². The molecule has 0 amide bonds. The molecule has 3 heterocycles. The summed E-state index contributed by atoms with van der Waals surface area (Å²) in [5.41, 5.74) is 6.05. The molecule has 0 bridgehead atoms. The van der Waals surface area contributed by atoms with Crippen LogP contribution in [0, 0.1) is 32.8 Å². The second-order valence-corrected chi connectivity index (χ2v) is 7.96. The first-order valence-corrected chi connectivity index (χ1v) is 10.8. The van der Waals surface area contributed by atoms with Gasteiger partial charge in [-0.1, -0.05) is 60.3 Å². The van der Waals surface area contributed by atoms with E-state index in [0.717, 1.165) is 28.2 Å². The number of benzene rings is 3. The third kappa shape index (κ3) is 5.40. The molecule has 35 heavy (non-hydrogen) atoms. The van der Waals surface area contributed by atoms with E-state index in [9.17, 15) is 0 Å². The van der Waals surface area contributed by atoms with Gasteiger partial charge in [-0.2, -0.15) is 0 Å². The van der Waals surface area contributed by atoms with Crippen LogP contribution >= 0.6 is 0 Å². The summed E-state index contributed by atoms with van der Waals surface area (Å²) in [5.74, 6) is 0. The van der Waals surface area contributed by atoms with Crippen LogP contribution in [-0.4, -0.2) is 9.97 Å². The van der Waals surface area contributed by atoms with Crippen LogP contribution in [0.2, 0.25) is 0 Å². The minimum atomic E-state index is -2.48. The Bertz CT molecular complexity index is 1740. The molecule has 0 saturated heterocycles. The maximum Gasteiger partial charge on any atom is 0.120 e. The van der Waals surface area contributed by atoms with Crippen LogP contribution in [0.25, 0.3) is 44.5 Å². The van der Waals surface area contributed by atoms with Crippen LogP contribution in [0.5, 0.6) is 0 Å². The standard InChI is InChI=1S/C18H12NO.C13H12N.Ir/c1-12-9-10-16(19-11-12)15-7-4-6-14-13-5-2-3-8-17(13)20-18(14)15;1-10-3-6-12(7-4-10)13-8-5-11(2)9-14-13;/h2-6,8-11H,1H3;3-6,8-9H,1-2H3;/q2*-1;/i1D3,9D,10D;;. The number of hydrogen-bond acceptors (Lipinski definition) is 3. The van der Waals surface area contributed by atoms with Crippen molar-refractivity contribution in [3.05, 3.63) is 120 Å². The van der Waals surface area contributed by atoms with E-state index in [-0.39, 0.29) is 43.4 Å². The number of aromatic nitrogens is 2. The minimum absolute atomic E-state index is 0. The Morgan fingerprint density at radius 1 is 0.800 bits per heavy atom. The number of aryl methyl sites for hydroxylation is 3. The summed E-state index contributed by atoms with van der Waals surface area (Å²) in [6.45, 7) is 1.62. The molecule has 0 fully saturated rings. The molecule has 4 heteroatoms. The molecule has 3 aromatic carbocycles. The fraction of sp³-hybridized carbons (Fsp3) is 0.0968. The monoisotopic (exact) mass is 638 g/mol. The van der Waals surface area contributed by atoms with Crippen LogP contribution in [0.1, 0.15) is 23.5 Å². The maximum absolute atomic E-state index is 8.20. The quantitative estimate of drug-likeness (QED) is 0.181. The molecule has 0 saturated carbocycles. The Balaban J connectivity index is 0.000000210. The number of pyridine rings is 2. The van der Waals surface area contributed by atoms with Gasteiger partial charge in [-0.15, -0.1) is 53.6 Å². The summed E-state index contributed by atoms with van der Waals surface area (Å²) in [6.07, 6.45) is 3.01. The van der Waals surface area contributed by atoms with E-state index < -0.39 is 6.85 Å². The van der Waals surface area contributed by atoms with Crippen molar-refractivity contribution in [3.8, 4) is 22.5 Å². The number of fused-ring (bicyclic) bond motifs is 3. The summed E-state index contributed by atoms with van der Waals surface area (Å²) in [4.78, 5) is 8.48. The fourth-order valence-corrected chi connectivity index (χ4v) is 3.60. The van der Waals surface area contributed by atoms with Gasteiger partial charge in [-0.25, -0.2) is 0 Å². The van der Waals surface area contributed by atoms with E-state index in [2.05, 4.69) is 41.2 Å². The normalized spacial score (nSPS) is 12.9. The number of furan rings is 1.